The van der Waals surface area contributed by atoms with E-state index in [1.54, 1.807) is 11.6 Å². The third-order valence-corrected chi connectivity index (χ3v) is 11.2. The monoisotopic (exact) mass is 761 g/mol. The molecule has 0 fully saturated rings. The molecule has 53 heavy (non-hydrogen) atoms. The molecule has 1 unspecified atom stereocenters. The fourth-order valence-corrected chi connectivity index (χ4v) is 7.94. The topological polar surface area (TPSA) is 27.7 Å². The number of unbranched alkanes of at least 4 members (excludes halogenated alkanes) is 17. The minimum atomic E-state index is -1.56. The molecule has 4 heteroatoms. The van der Waals surface area contributed by atoms with Crippen LogP contribution in [0.15, 0.2) is 72.4 Å². The van der Waals surface area contributed by atoms with Crippen LogP contribution in [0.25, 0.3) is 0 Å². The number of hydrogen-bond acceptors (Lipinski definition) is 3. The van der Waals surface area contributed by atoms with Gasteiger partial charge in [0.05, 0.1) is 13.2 Å². The van der Waals surface area contributed by atoms with Gasteiger partial charge in [-0.2, -0.15) is 10.6 Å². The summed E-state index contributed by atoms with van der Waals surface area (Å²) in [4.78, 5) is 0. The first kappa shape index (κ1) is 53.8. The molecule has 1 atom stereocenters. The summed E-state index contributed by atoms with van der Waals surface area (Å²) < 4.78 is 18.6. The highest BCUT2D eigenvalue weighted by molar-refractivity contribution is 8.24. The summed E-state index contributed by atoms with van der Waals surface area (Å²) in [5.41, 5.74) is 4.68. The SMILES string of the molecule is C=C/C=C(C)/C=C/C1=C(C)CCCC1(C)C.C=C/C=C/COC(CCCCCCCCCCCCCCC)OS(C)(C)OCCCCCCCC.CC. The van der Waals surface area contributed by atoms with Crippen molar-refractivity contribution in [1.29, 1.82) is 0 Å². The summed E-state index contributed by atoms with van der Waals surface area (Å²) in [6.07, 6.45) is 48.4. The Balaban J connectivity index is 0. The summed E-state index contributed by atoms with van der Waals surface area (Å²) in [5.74, 6) is 0. The Hall–Kier alpha value is -1.33. The van der Waals surface area contributed by atoms with Crippen LogP contribution >= 0.6 is 10.6 Å². The van der Waals surface area contributed by atoms with E-state index in [-0.39, 0.29) is 6.29 Å². The van der Waals surface area contributed by atoms with E-state index in [0.717, 1.165) is 25.9 Å². The van der Waals surface area contributed by atoms with Crippen molar-refractivity contribution in [3.8, 4) is 0 Å². The predicted molar refractivity (Wildman–Crippen MR) is 244 cm³/mol. The molecule has 0 aliphatic heterocycles. The quantitative estimate of drug-likeness (QED) is 0.0400. The van der Waals surface area contributed by atoms with Crippen molar-refractivity contribution in [3.63, 3.8) is 0 Å². The second-order valence-electron chi connectivity index (χ2n) is 15.7. The normalized spacial score (nSPS) is 15.5. The van der Waals surface area contributed by atoms with Crippen molar-refractivity contribution in [1.82, 2.24) is 0 Å². The van der Waals surface area contributed by atoms with Gasteiger partial charge in [0.2, 0.25) is 0 Å². The van der Waals surface area contributed by atoms with E-state index in [2.05, 4.69) is 79.4 Å². The van der Waals surface area contributed by atoms with Gasteiger partial charge < -0.3 is 4.74 Å². The maximum Gasteiger partial charge on any atom is 0.180 e. The van der Waals surface area contributed by atoms with E-state index in [9.17, 15) is 0 Å². The van der Waals surface area contributed by atoms with Crippen molar-refractivity contribution in [2.75, 3.05) is 25.7 Å². The molecule has 0 spiro atoms. The van der Waals surface area contributed by atoms with Crippen LogP contribution in [0.3, 0.4) is 0 Å². The van der Waals surface area contributed by atoms with Crippen LogP contribution in [0, 0.1) is 5.41 Å². The summed E-state index contributed by atoms with van der Waals surface area (Å²) >= 11 is 0. The number of allylic oxidation sites excluding steroid dienone is 9. The van der Waals surface area contributed by atoms with Gasteiger partial charge in [-0.05, 0) is 56.9 Å². The highest BCUT2D eigenvalue weighted by atomic mass is 32.3. The third kappa shape index (κ3) is 33.7. The molecule has 312 valence electrons. The number of hydrogen-bond donors (Lipinski definition) is 0. The van der Waals surface area contributed by atoms with Gasteiger partial charge in [-0.25, -0.2) is 0 Å². The van der Waals surface area contributed by atoms with Crippen LogP contribution in [-0.2, 0) is 13.1 Å². The van der Waals surface area contributed by atoms with Gasteiger partial charge >= 0.3 is 0 Å². The van der Waals surface area contributed by atoms with Gasteiger partial charge in [-0.1, -0.05) is 218 Å². The molecular weight excluding hydrogens is 669 g/mol. The lowest BCUT2D eigenvalue weighted by molar-refractivity contribution is -0.0725. The Kier molecular flexibility index (Phi) is 38.1. The molecule has 0 aromatic heterocycles. The molecule has 0 aromatic rings. The number of ether oxygens (including phenoxy) is 1. The highest BCUT2D eigenvalue weighted by Gasteiger charge is 2.26. The first-order valence-electron chi connectivity index (χ1n) is 22.2. The summed E-state index contributed by atoms with van der Waals surface area (Å²) in [6, 6.07) is 0. The average Bonchev–Trinajstić information content (AvgIpc) is 3.12. The van der Waals surface area contributed by atoms with Crippen LogP contribution in [0.1, 0.15) is 203 Å². The minimum Gasteiger partial charge on any atom is -0.346 e. The largest absolute Gasteiger partial charge is 0.346 e. The first-order valence-corrected chi connectivity index (χ1v) is 24.5. The molecular formula is C49H92O3S. The third-order valence-electron chi connectivity index (χ3n) is 9.83. The zero-order valence-electron chi connectivity index (χ0n) is 37.3. The molecule has 0 saturated heterocycles. The van der Waals surface area contributed by atoms with Gasteiger partial charge in [0, 0.05) is 18.9 Å². The standard InChI is InChI=1S/C31H62O3S.C16H24.C2H6/c1-6-9-12-14-16-17-18-19-20-21-22-23-25-28-31(32-29-26-11-8-3)34-35(4,5)33-30-27-24-15-13-10-7-2;1-6-8-13(2)10-11-15-14(3)9-7-12-16(15,4)5;1-2/h8,11,26,31H,3,6-7,9-10,12-25,27-30H2,1-2,4-5H3;6,8,10-11H,1,7,9,12H2,2-5H3;1-2H3/b26-11+;11-10+,13-8+;. The van der Waals surface area contributed by atoms with E-state index in [1.165, 1.54) is 140 Å². The zero-order valence-corrected chi connectivity index (χ0v) is 38.2. The molecule has 1 rings (SSSR count). The van der Waals surface area contributed by atoms with Crippen molar-refractivity contribution in [2.24, 2.45) is 5.41 Å². The molecule has 0 saturated carbocycles. The van der Waals surface area contributed by atoms with Gasteiger partial charge in [0.25, 0.3) is 0 Å². The van der Waals surface area contributed by atoms with E-state index in [4.69, 9.17) is 13.1 Å². The van der Waals surface area contributed by atoms with Crippen LogP contribution in [-0.4, -0.2) is 32.0 Å². The molecule has 0 aromatic carbocycles. The van der Waals surface area contributed by atoms with Gasteiger partial charge in [0.15, 0.2) is 6.29 Å². The zero-order chi connectivity index (χ0) is 40.1. The van der Waals surface area contributed by atoms with Crippen molar-refractivity contribution < 1.29 is 13.1 Å². The van der Waals surface area contributed by atoms with Gasteiger partial charge in [0.1, 0.15) is 0 Å². The number of rotatable bonds is 31. The fraction of sp³-hybridized carbons (Fsp3) is 0.755. The smallest absolute Gasteiger partial charge is 0.180 e. The average molecular weight is 761 g/mol. The van der Waals surface area contributed by atoms with E-state index < -0.39 is 10.6 Å². The second kappa shape index (κ2) is 37.6. The van der Waals surface area contributed by atoms with Gasteiger partial charge in [-0.15, -0.1) is 0 Å². The maximum atomic E-state index is 6.35. The Labute approximate surface area is 335 Å². The van der Waals surface area contributed by atoms with E-state index in [1.807, 2.05) is 38.2 Å². The Morgan fingerprint density at radius 1 is 0.774 bits per heavy atom. The van der Waals surface area contributed by atoms with Crippen molar-refractivity contribution >= 4 is 10.6 Å². The molecule has 0 N–H and O–H groups in total. The minimum absolute atomic E-state index is 0.188. The Morgan fingerprint density at radius 3 is 1.77 bits per heavy atom. The van der Waals surface area contributed by atoms with Crippen molar-refractivity contribution in [3.05, 3.63) is 72.4 Å². The maximum absolute atomic E-state index is 6.35. The molecule has 0 amide bonds. The Bertz CT molecular complexity index is 970. The molecule has 0 radical (unpaired) electrons. The lowest BCUT2D eigenvalue weighted by atomic mass is 9.72. The molecule has 1 aliphatic carbocycles. The summed E-state index contributed by atoms with van der Waals surface area (Å²) in [5, 5.41) is 0. The summed E-state index contributed by atoms with van der Waals surface area (Å²) in [6.45, 7) is 26.4. The molecule has 1 aliphatic rings. The van der Waals surface area contributed by atoms with E-state index >= 15 is 0 Å². The molecule has 3 nitrogen and oxygen atoms in total. The fourth-order valence-electron chi connectivity index (χ4n) is 6.70. The first-order chi connectivity index (χ1) is 25.5. The second-order valence-corrected chi connectivity index (χ2v) is 18.4. The van der Waals surface area contributed by atoms with Crippen LogP contribution in [0.5, 0.6) is 0 Å². The summed E-state index contributed by atoms with van der Waals surface area (Å²) in [7, 11) is -1.56. The Morgan fingerprint density at radius 2 is 1.28 bits per heavy atom. The lowest BCUT2D eigenvalue weighted by Gasteiger charge is -2.38. The van der Waals surface area contributed by atoms with Crippen LogP contribution in [0.4, 0.5) is 0 Å². The van der Waals surface area contributed by atoms with Gasteiger partial charge in [-0.3, -0.25) is 8.37 Å². The lowest BCUT2D eigenvalue weighted by Crippen LogP contribution is -2.21. The highest BCUT2D eigenvalue weighted by Crippen LogP contribution is 2.45. The molecule has 0 bridgehead atoms. The molecule has 0 heterocycles. The van der Waals surface area contributed by atoms with Crippen LogP contribution < -0.4 is 0 Å². The van der Waals surface area contributed by atoms with Crippen molar-refractivity contribution in [2.45, 2.75) is 209 Å². The van der Waals surface area contributed by atoms with Crippen LogP contribution in [0.2, 0.25) is 0 Å². The predicted octanol–water partition coefficient (Wildman–Crippen LogP) is 17.1. The van der Waals surface area contributed by atoms with E-state index in [0.29, 0.717) is 12.0 Å².